The molecule has 1 aromatic heterocycles. The molecule has 29 heavy (non-hydrogen) atoms. The Hall–Kier alpha value is -3.51. The van der Waals surface area contributed by atoms with Crippen molar-refractivity contribution < 1.29 is 13.6 Å². The van der Waals surface area contributed by atoms with Crippen molar-refractivity contribution in [1.82, 2.24) is 4.57 Å². The number of hydrogen-bond acceptors (Lipinski definition) is 2. The third-order valence-electron chi connectivity index (χ3n) is 4.45. The van der Waals surface area contributed by atoms with E-state index in [0.29, 0.717) is 27.5 Å². The highest BCUT2D eigenvalue weighted by molar-refractivity contribution is 6.30. The van der Waals surface area contributed by atoms with Gasteiger partial charge in [-0.2, -0.15) is 0 Å². The number of carbonyl (C=O) groups is 1. The van der Waals surface area contributed by atoms with Gasteiger partial charge in [0.1, 0.15) is 11.6 Å². The number of halogens is 3. The van der Waals surface area contributed by atoms with Crippen LogP contribution in [0.4, 0.5) is 14.5 Å². The van der Waals surface area contributed by atoms with E-state index >= 15 is 0 Å². The molecule has 144 valence electrons. The molecular weight excluding hydrogens is 398 g/mol. The zero-order chi connectivity index (χ0) is 20.5. The Morgan fingerprint density at radius 1 is 0.931 bits per heavy atom. The van der Waals surface area contributed by atoms with Gasteiger partial charge in [-0.25, -0.2) is 8.78 Å². The van der Waals surface area contributed by atoms with Gasteiger partial charge in [0.25, 0.3) is 11.5 Å². The molecule has 7 heteroatoms. The molecular formula is C22H13ClF2N2O2. The van der Waals surface area contributed by atoms with Crippen LogP contribution >= 0.6 is 11.6 Å². The second-order valence-electron chi connectivity index (χ2n) is 6.32. The number of anilines is 1. The number of nitrogens with zero attached hydrogens (tertiary/aromatic N) is 1. The molecule has 0 bridgehead atoms. The summed E-state index contributed by atoms with van der Waals surface area (Å²) in [5, 5.41) is 3.69. The summed E-state index contributed by atoms with van der Waals surface area (Å²) in [7, 11) is 0. The first kappa shape index (κ1) is 18.8. The van der Waals surface area contributed by atoms with Crippen LogP contribution in [0.25, 0.3) is 16.5 Å². The van der Waals surface area contributed by atoms with Gasteiger partial charge in [-0.3, -0.25) is 14.2 Å². The maximum atomic E-state index is 14.0. The van der Waals surface area contributed by atoms with Gasteiger partial charge in [-0.15, -0.1) is 0 Å². The Bertz CT molecular complexity index is 1300. The minimum atomic E-state index is -0.895. The molecule has 0 atom stereocenters. The van der Waals surface area contributed by atoms with Crippen molar-refractivity contribution in [1.29, 1.82) is 0 Å². The third kappa shape index (κ3) is 3.62. The molecule has 0 aliphatic carbocycles. The monoisotopic (exact) mass is 410 g/mol. The molecule has 0 aliphatic rings. The van der Waals surface area contributed by atoms with Crippen LogP contribution in [0.15, 0.2) is 77.7 Å². The SMILES string of the molecule is O=C(Nc1ccc(F)cc1F)c1cn(-c2ccc(Cl)cc2)c(=O)c2ccccc12. The number of amides is 1. The fraction of sp³-hybridized carbons (Fsp3) is 0. The summed E-state index contributed by atoms with van der Waals surface area (Å²) in [6.07, 6.45) is 1.39. The van der Waals surface area contributed by atoms with Crippen molar-refractivity contribution in [3.8, 4) is 5.69 Å². The third-order valence-corrected chi connectivity index (χ3v) is 4.71. The molecule has 0 fully saturated rings. The fourth-order valence-electron chi connectivity index (χ4n) is 3.05. The normalized spacial score (nSPS) is 10.9. The van der Waals surface area contributed by atoms with E-state index in [1.165, 1.54) is 10.8 Å². The number of pyridine rings is 1. The average molecular weight is 411 g/mol. The Balaban J connectivity index is 1.87. The lowest BCUT2D eigenvalue weighted by Gasteiger charge is -2.13. The van der Waals surface area contributed by atoms with E-state index in [2.05, 4.69) is 5.32 Å². The van der Waals surface area contributed by atoms with E-state index < -0.39 is 17.5 Å². The summed E-state index contributed by atoms with van der Waals surface area (Å²) in [5.41, 5.74) is 0.211. The summed E-state index contributed by atoms with van der Waals surface area (Å²) in [5.74, 6) is -2.27. The quantitative estimate of drug-likeness (QED) is 0.506. The summed E-state index contributed by atoms with van der Waals surface area (Å²) in [6, 6.07) is 16.1. The van der Waals surface area contributed by atoms with Gasteiger partial charge < -0.3 is 5.32 Å². The van der Waals surface area contributed by atoms with E-state index in [1.54, 1.807) is 48.5 Å². The van der Waals surface area contributed by atoms with Gasteiger partial charge in [0.05, 0.1) is 11.3 Å². The lowest BCUT2D eigenvalue weighted by Crippen LogP contribution is -2.23. The largest absolute Gasteiger partial charge is 0.319 e. The average Bonchev–Trinajstić information content (AvgIpc) is 2.71. The first-order valence-corrected chi connectivity index (χ1v) is 8.98. The zero-order valence-electron chi connectivity index (χ0n) is 14.8. The van der Waals surface area contributed by atoms with E-state index in [-0.39, 0.29) is 16.8 Å². The van der Waals surface area contributed by atoms with Gasteiger partial charge in [0, 0.05) is 33.7 Å². The summed E-state index contributed by atoms with van der Waals surface area (Å²) in [6.45, 7) is 0. The van der Waals surface area contributed by atoms with Crippen LogP contribution in [0.1, 0.15) is 10.4 Å². The van der Waals surface area contributed by atoms with E-state index in [9.17, 15) is 18.4 Å². The molecule has 3 aromatic carbocycles. The van der Waals surface area contributed by atoms with E-state index in [0.717, 1.165) is 12.1 Å². The highest BCUT2D eigenvalue weighted by atomic mass is 35.5. The van der Waals surface area contributed by atoms with Crippen LogP contribution in [0, 0.1) is 11.6 Å². The molecule has 0 spiro atoms. The summed E-state index contributed by atoms with van der Waals surface area (Å²) >= 11 is 5.92. The molecule has 0 saturated carbocycles. The van der Waals surface area contributed by atoms with Crippen LogP contribution < -0.4 is 10.9 Å². The van der Waals surface area contributed by atoms with E-state index in [1.807, 2.05) is 0 Å². The molecule has 0 aliphatic heterocycles. The highest BCUT2D eigenvalue weighted by Gasteiger charge is 2.17. The molecule has 0 unspecified atom stereocenters. The van der Waals surface area contributed by atoms with Gasteiger partial charge in [-0.1, -0.05) is 29.8 Å². The minimum absolute atomic E-state index is 0.162. The molecule has 0 radical (unpaired) electrons. The second-order valence-corrected chi connectivity index (χ2v) is 6.75. The van der Waals surface area contributed by atoms with Crippen LogP contribution in [0.3, 0.4) is 0 Å². The maximum absolute atomic E-state index is 14.0. The number of nitrogens with one attached hydrogen (secondary N) is 1. The predicted octanol–water partition coefficient (Wildman–Crippen LogP) is 5.17. The molecule has 1 amide bonds. The van der Waals surface area contributed by atoms with E-state index in [4.69, 9.17) is 11.6 Å². The Morgan fingerprint density at radius 3 is 2.31 bits per heavy atom. The fourth-order valence-corrected chi connectivity index (χ4v) is 3.17. The van der Waals surface area contributed by atoms with Crippen LogP contribution in [-0.4, -0.2) is 10.5 Å². The molecule has 4 aromatic rings. The van der Waals surface area contributed by atoms with Gasteiger partial charge in [-0.05, 0) is 42.5 Å². The smallest absolute Gasteiger partial charge is 0.262 e. The summed E-state index contributed by atoms with van der Waals surface area (Å²) < 4.78 is 28.4. The number of hydrogen-bond donors (Lipinski definition) is 1. The maximum Gasteiger partial charge on any atom is 0.262 e. The number of fused-ring (bicyclic) bond motifs is 1. The van der Waals surface area contributed by atoms with Crippen molar-refractivity contribution in [3.05, 3.63) is 106 Å². The van der Waals surface area contributed by atoms with Crippen molar-refractivity contribution >= 4 is 34.0 Å². The number of aromatic nitrogens is 1. The number of rotatable bonds is 3. The first-order chi connectivity index (χ1) is 13.9. The van der Waals surface area contributed by atoms with Crippen LogP contribution in [-0.2, 0) is 0 Å². The molecule has 1 heterocycles. The van der Waals surface area contributed by atoms with Gasteiger partial charge in [0.15, 0.2) is 0 Å². The number of benzene rings is 3. The zero-order valence-corrected chi connectivity index (χ0v) is 15.6. The molecule has 0 saturated heterocycles. The Kier molecular flexibility index (Phi) is 4.86. The summed E-state index contributed by atoms with van der Waals surface area (Å²) in [4.78, 5) is 25.8. The second kappa shape index (κ2) is 7.48. The first-order valence-electron chi connectivity index (χ1n) is 8.61. The van der Waals surface area contributed by atoms with Gasteiger partial charge >= 0.3 is 0 Å². The van der Waals surface area contributed by atoms with Crippen LogP contribution in [0.5, 0.6) is 0 Å². The minimum Gasteiger partial charge on any atom is -0.319 e. The van der Waals surface area contributed by atoms with Gasteiger partial charge in [0.2, 0.25) is 0 Å². The predicted molar refractivity (Wildman–Crippen MR) is 109 cm³/mol. The Morgan fingerprint density at radius 2 is 1.62 bits per heavy atom. The molecule has 1 N–H and O–H groups in total. The Labute approximate surface area is 169 Å². The topological polar surface area (TPSA) is 51.1 Å². The van der Waals surface area contributed by atoms with Crippen molar-refractivity contribution in [2.75, 3.05) is 5.32 Å². The lowest BCUT2D eigenvalue weighted by atomic mass is 10.1. The standard InChI is InChI=1S/C22H13ClF2N2O2/c23-13-5-8-15(9-6-13)27-12-18(16-3-1-2-4-17(16)22(27)29)21(28)26-20-10-7-14(24)11-19(20)25/h1-12H,(H,26,28). The lowest BCUT2D eigenvalue weighted by molar-refractivity contribution is 0.102. The molecule has 4 nitrogen and oxygen atoms in total. The van der Waals surface area contributed by atoms with Crippen LogP contribution in [0.2, 0.25) is 5.02 Å². The highest BCUT2D eigenvalue weighted by Crippen LogP contribution is 2.21. The number of carbonyl (C=O) groups excluding carboxylic acids is 1. The van der Waals surface area contributed by atoms with Crippen molar-refractivity contribution in [3.63, 3.8) is 0 Å². The van der Waals surface area contributed by atoms with Crippen molar-refractivity contribution in [2.24, 2.45) is 0 Å². The molecule has 4 rings (SSSR count). The van der Waals surface area contributed by atoms with Crippen molar-refractivity contribution in [2.45, 2.75) is 0 Å².